The second-order valence-electron chi connectivity index (χ2n) is 9.93. The topological polar surface area (TPSA) is 82.5 Å². The van der Waals surface area contributed by atoms with Gasteiger partial charge in [-0.3, -0.25) is 0 Å². The molecule has 0 saturated heterocycles. The first-order valence-electron chi connectivity index (χ1n) is 15.7. The molecular weight excluding hydrogens is 727 g/mol. The predicted molar refractivity (Wildman–Crippen MR) is 166 cm³/mol. The van der Waals surface area contributed by atoms with Crippen molar-refractivity contribution in [1.29, 1.82) is 0 Å². The van der Waals surface area contributed by atoms with Crippen LogP contribution in [0.2, 0.25) is 3.93 Å². The van der Waals surface area contributed by atoms with Gasteiger partial charge in [-0.05, 0) is 42.9 Å². The Kier molecular flexibility index (Phi) is 19.6. The number of halogens is 2. The van der Waals surface area contributed by atoms with E-state index in [1.54, 1.807) is 17.8 Å². The summed E-state index contributed by atoms with van der Waals surface area (Å²) in [4.78, 5) is 9.04. The molecule has 2 N–H and O–H groups in total. The first kappa shape index (κ1) is 37.7. The van der Waals surface area contributed by atoms with Crippen molar-refractivity contribution in [3.63, 3.8) is 0 Å². The zero-order valence-corrected chi connectivity index (χ0v) is 32.7. The number of hydrogen-bond acceptors (Lipinski definition) is 6. The molecule has 41 heavy (non-hydrogen) atoms. The summed E-state index contributed by atoms with van der Waals surface area (Å²) in [6.07, 6.45) is 11.0. The Morgan fingerprint density at radius 1 is 1.00 bits per heavy atom. The zero-order valence-electron chi connectivity index (χ0n) is 26.4. The summed E-state index contributed by atoms with van der Waals surface area (Å²) in [7, 11) is 0. The van der Waals surface area contributed by atoms with Crippen LogP contribution in [-0.2, 0) is 26.1 Å². The second kappa shape index (κ2) is 21.4. The van der Waals surface area contributed by atoms with Crippen molar-refractivity contribution in [3.8, 4) is 0 Å². The molecule has 6 nitrogen and oxygen atoms in total. The van der Waals surface area contributed by atoms with E-state index in [4.69, 9.17) is 5.73 Å². The molecule has 2 unspecified atom stereocenters. The largest absolute Gasteiger partial charge is 0.204 e. The molecule has 0 spiro atoms. The van der Waals surface area contributed by atoms with Gasteiger partial charge in [0.05, 0.1) is 0 Å². The van der Waals surface area contributed by atoms with E-state index in [-0.39, 0.29) is 0 Å². The Labute approximate surface area is 267 Å². The third kappa shape index (κ3) is 12.4. The van der Waals surface area contributed by atoms with Gasteiger partial charge in [-0.15, -0.1) is 0 Å². The van der Waals surface area contributed by atoms with E-state index >= 15 is 0 Å². The first-order chi connectivity index (χ1) is 19.9. The maximum atomic E-state index is 12.6. The van der Waals surface area contributed by atoms with Gasteiger partial charge in [0.1, 0.15) is 0 Å². The van der Waals surface area contributed by atoms with Crippen LogP contribution in [0, 0.1) is 17.6 Å². The van der Waals surface area contributed by atoms with E-state index in [9.17, 15) is 8.78 Å². The normalized spacial score (nSPS) is 17.2. The van der Waals surface area contributed by atoms with E-state index in [0.29, 0.717) is 23.3 Å². The van der Waals surface area contributed by atoms with E-state index in [0.717, 1.165) is 73.4 Å². The Morgan fingerprint density at radius 3 is 2.27 bits per heavy atom. The van der Waals surface area contributed by atoms with E-state index < -0.39 is 11.6 Å². The van der Waals surface area contributed by atoms with Crippen molar-refractivity contribution < 1.29 is 34.9 Å². The number of nitrogens with zero attached hydrogens (tertiary/aromatic N) is 5. The monoisotopic (exact) mass is 779 g/mol. The van der Waals surface area contributed by atoms with Crippen LogP contribution in [0.15, 0.2) is 23.4 Å². The summed E-state index contributed by atoms with van der Waals surface area (Å²) >= 11 is 2.60. The van der Waals surface area contributed by atoms with Gasteiger partial charge in [-0.1, -0.05) is 61.0 Å². The van der Waals surface area contributed by atoms with E-state index in [1.807, 2.05) is 32.4 Å². The number of aromatic nitrogens is 5. The minimum atomic E-state index is -0.755. The molecule has 0 aliphatic heterocycles. The van der Waals surface area contributed by atoms with Gasteiger partial charge < -0.3 is 0 Å². The molecule has 2 saturated carbocycles. The number of nitrogens with two attached hydrogens (primary N) is 1. The molecule has 0 bridgehead atoms. The van der Waals surface area contributed by atoms with Gasteiger partial charge in [0.2, 0.25) is 0 Å². The Hall–Kier alpha value is -1.35. The van der Waals surface area contributed by atoms with Gasteiger partial charge in [0, 0.05) is 0 Å². The molecule has 1 aromatic carbocycles. The standard InChI is InChI=1S/C15H23N6S.C9H8F2.C3H8.2C2H6.Hg/c1-3-5-10-6-7-11(9-10)21-14-12(19-20-21)13(16)17-15(18-14)22-8-4-2;10-8-4-3-7(5-9(8)11)6-1-2-6;1-3-2;2*1-2;/h10-11H,1,3-9H2,2H3,(H2,16,17,18);3-6H,1-2H2;3H2,1-2H3;2*1-2H3;. The number of hydrogen-bond donors (Lipinski definition) is 1. The summed E-state index contributed by atoms with van der Waals surface area (Å²) in [5.74, 6) is 1.30. The second-order valence-corrected chi connectivity index (χ2v) is 13.7. The number of thioether (sulfide) groups is 1. The van der Waals surface area contributed by atoms with Crippen LogP contribution in [-0.4, -0.2) is 30.7 Å². The van der Waals surface area contributed by atoms with Crippen molar-refractivity contribution in [2.45, 2.75) is 127 Å². The number of nitrogen functional groups attached to an aromatic ring is 1. The average molecular weight is 778 g/mol. The summed E-state index contributed by atoms with van der Waals surface area (Å²) < 4.78 is 28.5. The fourth-order valence-corrected chi connectivity index (χ4v) is 6.31. The van der Waals surface area contributed by atoms with Crippen LogP contribution in [0.3, 0.4) is 0 Å². The van der Waals surface area contributed by atoms with E-state index in [2.05, 4.69) is 41.1 Å². The summed E-state index contributed by atoms with van der Waals surface area (Å²) in [5.41, 5.74) is 8.45. The molecule has 2 aliphatic carbocycles. The van der Waals surface area contributed by atoms with Crippen LogP contribution in [0.25, 0.3) is 11.2 Å². The predicted octanol–water partition coefficient (Wildman–Crippen LogP) is 9.70. The van der Waals surface area contributed by atoms with Gasteiger partial charge in [-0.2, -0.15) is 0 Å². The van der Waals surface area contributed by atoms with Crippen LogP contribution >= 0.6 is 11.8 Å². The summed E-state index contributed by atoms with van der Waals surface area (Å²) in [5, 5.41) is 9.34. The van der Waals surface area contributed by atoms with Crippen LogP contribution in [0.1, 0.15) is 124 Å². The molecule has 10 heteroatoms. The van der Waals surface area contributed by atoms with Crippen molar-refractivity contribution in [3.05, 3.63) is 35.4 Å². The van der Waals surface area contributed by atoms with Gasteiger partial charge in [0.15, 0.2) is 11.6 Å². The molecule has 5 rings (SSSR count). The fraction of sp³-hybridized carbons (Fsp3) is 0.677. The minimum absolute atomic E-state index is 0.419. The molecule has 0 amide bonds. The van der Waals surface area contributed by atoms with Crippen LogP contribution in [0.4, 0.5) is 14.6 Å². The third-order valence-electron chi connectivity index (χ3n) is 6.48. The Morgan fingerprint density at radius 2 is 1.68 bits per heavy atom. The quantitative estimate of drug-likeness (QED) is 0.139. The molecular formula is C31H51F2HgN6S. The van der Waals surface area contributed by atoms with E-state index in [1.165, 1.54) is 54.6 Å². The molecule has 3 aromatic rings. The van der Waals surface area contributed by atoms with Crippen molar-refractivity contribution in [2.75, 3.05) is 11.5 Å². The Balaban J connectivity index is 0.000000388. The maximum Gasteiger partial charge on any atom is 0.159 e. The molecule has 2 fully saturated rings. The number of benzene rings is 1. The molecule has 2 aromatic heterocycles. The number of anilines is 1. The molecule has 2 aliphatic rings. The number of fused-ring (bicyclic) bond motifs is 1. The molecule has 2 atom stereocenters. The summed E-state index contributed by atoms with van der Waals surface area (Å²) in [6.45, 7) is 14.4. The third-order valence-corrected chi connectivity index (χ3v) is 9.48. The fourth-order valence-electron chi connectivity index (χ4n) is 4.48. The van der Waals surface area contributed by atoms with Gasteiger partial charge in [0.25, 0.3) is 0 Å². The smallest absolute Gasteiger partial charge is 0.159 e. The molecule has 0 radical (unpaired) electrons. The summed E-state index contributed by atoms with van der Waals surface area (Å²) in [6, 6.07) is 4.58. The first-order valence-corrected chi connectivity index (χ1v) is 20.5. The van der Waals surface area contributed by atoms with Crippen LogP contribution < -0.4 is 5.73 Å². The van der Waals surface area contributed by atoms with Crippen molar-refractivity contribution >= 4 is 28.7 Å². The van der Waals surface area contributed by atoms with Crippen molar-refractivity contribution in [1.82, 2.24) is 25.0 Å². The molecule has 227 valence electrons. The average Bonchev–Trinajstić information content (AvgIpc) is 3.58. The molecule has 2 heterocycles. The maximum absolute atomic E-state index is 12.6. The Bertz CT molecular complexity index is 1130. The van der Waals surface area contributed by atoms with Gasteiger partial charge >= 0.3 is 144 Å². The number of rotatable bonds is 8. The van der Waals surface area contributed by atoms with Crippen LogP contribution in [0.5, 0.6) is 0 Å². The minimum Gasteiger partial charge on any atom is -0.204 e. The van der Waals surface area contributed by atoms with Gasteiger partial charge in [-0.25, -0.2) is 8.78 Å². The zero-order chi connectivity index (χ0) is 30.8. The van der Waals surface area contributed by atoms with Crippen molar-refractivity contribution in [2.24, 2.45) is 5.92 Å². The SMILES string of the molecule is CC.CC.CCC.CCCSc1nc(N)c2nnn(C3CCC(CC[CH2][Hg])C3)c2n1.Fc1ccc(C2CC2)cc1F.